The molecule has 1 amide bonds. The fourth-order valence-corrected chi connectivity index (χ4v) is 2.99. The summed E-state index contributed by atoms with van der Waals surface area (Å²) in [5, 5.41) is 2.97. The first-order valence-corrected chi connectivity index (χ1v) is 6.89. The minimum Gasteiger partial charge on any atom is -0.352 e. The highest BCUT2D eigenvalue weighted by Crippen LogP contribution is 2.36. The van der Waals surface area contributed by atoms with Crippen molar-refractivity contribution in [2.75, 3.05) is 6.54 Å². The summed E-state index contributed by atoms with van der Waals surface area (Å²) < 4.78 is 1.82. The van der Waals surface area contributed by atoms with Crippen LogP contribution in [0.2, 0.25) is 0 Å². The SMILES string of the molecule is CC1CC1CNC(=O)c1cc(Br)cc(Br)c1. The van der Waals surface area contributed by atoms with Gasteiger partial charge in [0.15, 0.2) is 0 Å². The molecule has 1 saturated carbocycles. The molecule has 0 spiro atoms. The highest BCUT2D eigenvalue weighted by Gasteiger charge is 2.32. The van der Waals surface area contributed by atoms with Gasteiger partial charge in [-0.2, -0.15) is 0 Å². The number of carbonyl (C=O) groups excluding carboxylic acids is 1. The molecular weight excluding hydrogens is 334 g/mol. The minimum atomic E-state index is 0.00102. The predicted octanol–water partition coefficient (Wildman–Crippen LogP) is 3.60. The van der Waals surface area contributed by atoms with Crippen molar-refractivity contribution in [2.45, 2.75) is 13.3 Å². The zero-order chi connectivity index (χ0) is 11.7. The number of amides is 1. The summed E-state index contributed by atoms with van der Waals surface area (Å²) in [7, 11) is 0. The number of hydrogen-bond donors (Lipinski definition) is 1. The highest BCUT2D eigenvalue weighted by atomic mass is 79.9. The van der Waals surface area contributed by atoms with E-state index in [1.165, 1.54) is 6.42 Å². The first-order chi connectivity index (χ1) is 7.56. The Bertz CT molecular complexity index is 399. The van der Waals surface area contributed by atoms with Gasteiger partial charge in [0.25, 0.3) is 5.91 Å². The Hall–Kier alpha value is -0.350. The van der Waals surface area contributed by atoms with Crippen LogP contribution in [0.1, 0.15) is 23.7 Å². The normalized spacial score (nSPS) is 22.9. The van der Waals surface area contributed by atoms with Crippen LogP contribution in [0.15, 0.2) is 27.1 Å². The molecule has 4 heteroatoms. The van der Waals surface area contributed by atoms with Crippen molar-refractivity contribution in [3.8, 4) is 0 Å². The molecule has 1 N–H and O–H groups in total. The molecule has 1 fully saturated rings. The van der Waals surface area contributed by atoms with Crippen LogP contribution in [0.4, 0.5) is 0 Å². The predicted molar refractivity (Wildman–Crippen MR) is 71.4 cm³/mol. The third-order valence-electron chi connectivity index (χ3n) is 2.93. The molecule has 0 radical (unpaired) electrons. The third-order valence-corrected chi connectivity index (χ3v) is 3.84. The molecule has 0 bridgehead atoms. The van der Waals surface area contributed by atoms with Crippen LogP contribution in [-0.2, 0) is 0 Å². The van der Waals surface area contributed by atoms with Crippen LogP contribution < -0.4 is 5.32 Å². The van der Waals surface area contributed by atoms with E-state index < -0.39 is 0 Å². The molecule has 0 saturated heterocycles. The van der Waals surface area contributed by atoms with E-state index in [2.05, 4.69) is 44.1 Å². The average molecular weight is 347 g/mol. The number of benzene rings is 1. The summed E-state index contributed by atoms with van der Waals surface area (Å²) in [6.07, 6.45) is 1.24. The quantitative estimate of drug-likeness (QED) is 0.890. The largest absolute Gasteiger partial charge is 0.352 e. The lowest BCUT2D eigenvalue weighted by molar-refractivity contribution is 0.0951. The van der Waals surface area contributed by atoms with Gasteiger partial charge < -0.3 is 5.32 Å². The van der Waals surface area contributed by atoms with E-state index >= 15 is 0 Å². The van der Waals surface area contributed by atoms with Crippen molar-refractivity contribution in [3.05, 3.63) is 32.7 Å². The maximum Gasteiger partial charge on any atom is 0.251 e. The average Bonchev–Trinajstić information content (AvgIpc) is 2.89. The van der Waals surface area contributed by atoms with E-state index in [4.69, 9.17) is 0 Å². The second kappa shape index (κ2) is 4.88. The summed E-state index contributed by atoms with van der Waals surface area (Å²) in [6.45, 7) is 3.01. The first-order valence-electron chi connectivity index (χ1n) is 5.30. The topological polar surface area (TPSA) is 29.1 Å². The van der Waals surface area contributed by atoms with Gasteiger partial charge in [0, 0.05) is 21.1 Å². The van der Waals surface area contributed by atoms with E-state index in [0.717, 1.165) is 21.4 Å². The molecule has 1 aliphatic rings. The van der Waals surface area contributed by atoms with E-state index in [-0.39, 0.29) is 5.91 Å². The number of carbonyl (C=O) groups is 1. The van der Waals surface area contributed by atoms with E-state index in [0.29, 0.717) is 11.5 Å². The smallest absolute Gasteiger partial charge is 0.251 e. The van der Waals surface area contributed by atoms with E-state index in [1.807, 2.05) is 18.2 Å². The monoisotopic (exact) mass is 345 g/mol. The summed E-state index contributed by atoms with van der Waals surface area (Å²) in [5.74, 6) is 1.45. The van der Waals surface area contributed by atoms with Gasteiger partial charge in [0.05, 0.1) is 0 Å². The molecule has 1 aromatic rings. The van der Waals surface area contributed by atoms with Gasteiger partial charge in [-0.25, -0.2) is 0 Å². The Morgan fingerprint density at radius 3 is 2.44 bits per heavy atom. The Labute approximate surface area is 112 Å². The van der Waals surface area contributed by atoms with Crippen LogP contribution in [0.3, 0.4) is 0 Å². The molecule has 1 aromatic carbocycles. The number of nitrogens with one attached hydrogen (secondary N) is 1. The van der Waals surface area contributed by atoms with Gasteiger partial charge in [-0.1, -0.05) is 38.8 Å². The Morgan fingerprint density at radius 2 is 1.94 bits per heavy atom. The standard InChI is InChI=1S/C12H13Br2NO/c1-7-2-9(7)6-15-12(16)8-3-10(13)5-11(14)4-8/h3-5,7,9H,2,6H2,1H3,(H,15,16). The van der Waals surface area contributed by atoms with E-state index in [1.54, 1.807) is 0 Å². The minimum absolute atomic E-state index is 0.00102. The first kappa shape index (κ1) is 12.1. The van der Waals surface area contributed by atoms with Gasteiger partial charge >= 0.3 is 0 Å². The Kier molecular flexibility index (Phi) is 3.70. The third kappa shape index (κ3) is 3.08. The van der Waals surface area contributed by atoms with Gasteiger partial charge in [-0.05, 0) is 36.5 Å². The molecular formula is C12H13Br2NO. The lowest BCUT2D eigenvalue weighted by Gasteiger charge is -2.05. The van der Waals surface area contributed by atoms with Crippen molar-refractivity contribution in [3.63, 3.8) is 0 Å². The lowest BCUT2D eigenvalue weighted by Crippen LogP contribution is -2.25. The number of rotatable bonds is 3. The maximum absolute atomic E-state index is 11.8. The molecule has 0 aliphatic heterocycles. The second-order valence-corrected chi connectivity index (χ2v) is 6.17. The van der Waals surface area contributed by atoms with Gasteiger partial charge in [0.2, 0.25) is 0 Å². The van der Waals surface area contributed by atoms with Crippen LogP contribution >= 0.6 is 31.9 Å². The van der Waals surface area contributed by atoms with Crippen LogP contribution in [0.5, 0.6) is 0 Å². The second-order valence-electron chi connectivity index (χ2n) is 4.34. The van der Waals surface area contributed by atoms with Gasteiger partial charge in [-0.3, -0.25) is 4.79 Å². The summed E-state index contributed by atoms with van der Waals surface area (Å²) in [5.41, 5.74) is 0.689. The van der Waals surface area contributed by atoms with Crippen LogP contribution in [-0.4, -0.2) is 12.5 Å². The maximum atomic E-state index is 11.8. The molecule has 2 nitrogen and oxygen atoms in total. The van der Waals surface area contributed by atoms with Crippen molar-refractivity contribution in [1.82, 2.24) is 5.32 Å². The zero-order valence-corrected chi connectivity index (χ0v) is 12.1. The Morgan fingerprint density at radius 1 is 1.38 bits per heavy atom. The molecule has 2 unspecified atom stereocenters. The van der Waals surface area contributed by atoms with Crippen molar-refractivity contribution < 1.29 is 4.79 Å². The Balaban J connectivity index is 1.97. The summed E-state index contributed by atoms with van der Waals surface area (Å²) in [4.78, 5) is 11.8. The van der Waals surface area contributed by atoms with Crippen molar-refractivity contribution in [1.29, 1.82) is 0 Å². The molecule has 86 valence electrons. The highest BCUT2D eigenvalue weighted by molar-refractivity contribution is 9.11. The fraction of sp³-hybridized carbons (Fsp3) is 0.417. The molecule has 2 atom stereocenters. The molecule has 1 aliphatic carbocycles. The van der Waals surface area contributed by atoms with Crippen molar-refractivity contribution >= 4 is 37.8 Å². The molecule has 16 heavy (non-hydrogen) atoms. The molecule has 0 aromatic heterocycles. The van der Waals surface area contributed by atoms with Gasteiger partial charge in [0.1, 0.15) is 0 Å². The lowest BCUT2D eigenvalue weighted by atomic mass is 10.2. The van der Waals surface area contributed by atoms with Crippen LogP contribution in [0, 0.1) is 11.8 Å². The number of halogens is 2. The summed E-state index contributed by atoms with van der Waals surface area (Å²) in [6, 6.07) is 5.58. The summed E-state index contributed by atoms with van der Waals surface area (Å²) >= 11 is 6.75. The van der Waals surface area contributed by atoms with Crippen molar-refractivity contribution in [2.24, 2.45) is 11.8 Å². The molecule has 0 heterocycles. The number of hydrogen-bond acceptors (Lipinski definition) is 1. The zero-order valence-electron chi connectivity index (χ0n) is 8.97. The van der Waals surface area contributed by atoms with Gasteiger partial charge in [-0.15, -0.1) is 0 Å². The van der Waals surface area contributed by atoms with E-state index in [9.17, 15) is 4.79 Å². The van der Waals surface area contributed by atoms with Crippen LogP contribution in [0.25, 0.3) is 0 Å². The molecule has 2 rings (SSSR count). The fourth-order valence-electron chi connectivity index (χ4n) is 1.69.